The van der Waals surface area contributed by atoms with Crippen molar-refractivity contribution in [2.24, 2.45) is 11.8 Å². The van der Waals surface area contributed by atoms with E-state index in [1.54, 1.807) is 0 Å². The summed E-state index contributed by atoms with van der Waals surface area (Å²) in [4.78, 5) is 0. The number of aliphatic hydroxyl groups excluding tert-OH is 1. The average Bonchev–Trinajstić information content (AvgIpc) is 2.76. The molecule has 1 aliphatic carbocycles. The van der Waals surface area contributed by atoms with Crippen molar-refractivity contribution >= 4 is 0 Å². The van der Waals surface area contributed by atoms with E-state index >= 15 is 0 Å². The Morgan fingerprint density at radius 2 is 1.95 bits per heavy atom. The fourth-order valence-electron chi connectivity index (χ4n) is 2.83. The Hall–Kier alpha value is -1.06. The van der Waals surface area contributed by atoms with Crippen LogP contribution in [0.3, 0.4) is 0 Å². The van der Waals surface area contributed by atoms with Crippen LogP contribution < -0.4 is 10.1 Å². The van der Waals surface area contributed by atoms with Crippen LogP contribution in [0, 0.1) is 18.8 Å². The van der Waals surface area contributed by atoms with Crippen LogP contribution in [0.25, 0.3) is 0 Å². The Kier molecular flexibility index (Phi) is 5.44. The second kappa shape index (κ2) is 7.09. The molecule has 3 nitrogen and oxygen atoms in total. The van der Waals surface area contributed by atoms with Gasteiger partial charge in [0.2, 0.25) is 0 Å². The molecule has 4 unspecified atom stereocenters. The van der Waals surface area contributed by atoms with Gasteiger partial charge in [0, 0.05) is 12.6 Å². The van der Waals surface area contributed by atoms with Crippen molar-refractivity contribution in [3.63, 3.8) is 0 Å². The van der Waals surface area contributed by atoms with E-state index in [0.29, 0.717) is 25.1 Å². The van der Waals surface area contributed by atoms with Crippen LogP contribution in [0.15, 0.2) is 24.3 Å². The standard InChI is InChI=1S/C17H27NO2/c1-12-4-7-16(8-5-12)20-11-15(19)10-18-17-9-6-13(2)14(17)3/h4-5,7-8,13-15,17-19H,6,9-11H2,1-3H3. The molecule has 0 heterocycles. The summed E-state index contributed by atoms with van der Waals surface area (Å²) in [6, 6.07) is 8.45. The quantitative estimate of drug-likeness (QED) is 0.840. The lowest BCUT2D eigenvalue weighted by molar-refractivity contribution is 0.102. The van der Waals surface area contributed by atoms with Crippen molar-refractivity contribution in [1.29, 1.82) is 0 Å². The van der Waals surface area contributed by atoms with Gasteiger partial charge in [0.25, 0.3) is 0 Å². The molecule has 0 aromatic heterocycles. The highest BCUT2D eigenvalue weighted by atomic mass is 16.5. The summed E-state index contributed by atoms with van der Waals surface area (Å²) in [5.74, 6) is 2.30. The Morgan fingerprint density at radius 3 is 2.55 bits per heavy atom. The van der Waals surface area contributed by atoms with Gasteiger partial charge in [-0.15, -0.1) is 0 Å². The van der Waals surface area contributed by atoms with Crippen molar-refractivity contribution in [3.8, 4) is 5.75 Å². The molecule has 0 bridgehead atoms. The van der Waals surface area contributed by atoms with E-state index in [9.17, 15) is 5.11 Å². The fourth-order valence-corrected chi connectivity index (χ4v) is 2.83. The second-order valence-corrected chi connectivity index (χ2v) is 6.21. The first kappa shape index (κ1) is 15.3. The SMILES string of the molecule is Cc1ccc(OCC(O)CNC2CCC(C)C2C)cc1. The number of nitrogens with one attached hydrogen (secondary N) is 1. The smallest absolute Gasteiger partial charge is 0.119 e. The molecule has 112 valence electrons. The highest BCUT2D eigenvalue weighted by Crippen LogP contribution is 2.30. The first-order valence-corrected chi connectivity index (χ1v) is 7.67. The van der Waals surface area contributed by atoms with Gasteiger partial charge in [0.15, 0.2) is 0 Å². The Labute approximate surface area is 122 Å². The number of rotatable bonds is 6. The normalized spacial score (nSPS) is 27.5. The van der Waals surface area contributed by atoms with Gasteiger partial charge in [0.1, 0.15) is 18.5 Å². The molecule has 1 saturated carbocycles. The van der Waals surface area contributed by atoms with Crippen molar-refractivity contribution in [2.45, 2.75) is 45.8 Å². The van der Waals surface area contributed by atoms with E-state index in [0.717, 1.165) is 11.7 Å². The molecular weight excluding hydrogens is 250 g/mol. The lowest BCUT2D eigenvalue weighted by Gasteiger charge is -2.21. The maximum absolute atomic E-state index is 9.99. The van der Waals surface area contributed by atoms with Crippen molar-refractivity contribution < 1.29 is 9.84 Å². The molecule has 1 fully saturated rings. The van der Waals surface area contributed by atoms with E-state index in [4.69, 9.17) is 4.74 Å². The number of ether oxygens (including phenoxy) is 1. The number of hydrogen-bond acceptors (Lipinski definition) is 3. The van der Waals surface area contributed by atoms with Crippen LogP contribution in [-0.2, 0) is 0 Å². The molecule has 1 aromatic rings. The largest absolute Gasteiger partial charge is 0.491 e. The van der Waals surface area contributed by atoms with E-state index in [2.05, 4.69) is 19.2 Å². The molecule has 0 amide bonds. The number of aliphatic hydroxyl groups is 1. The maximum Gasteiger partial charge on any atom is 0.119 e. The van der Waals surface area contributed by atoms with Crippen molar-refractivity contribution in [1.82, 2.24) is 5.32 Å². The number of aryl methyl sites for hydroxylation is 1. The fraction of sp³-hybridized carbons (Fsp3) is 0.647. The highest BCUT2D eigenvalue weighted by molar-refractivity contribution is 5.26. The Morgan fingerprint density at radius 1 is 1.25 bits per heavy atom. The summed E-state index contributed by atoms with van der Waals surface area (Å²) in [6.45, 7) is 7.60. The molecular formula is C17H27NO2. The van der Waals surface area contributed by atoms with Crippen LogP contribution in [0.4, 0.5) is 0 Å². The third-order valence-corrected chi connectivity index (χ3v) is 4.54. The van der Waals surface area contributed by atoms with Crippen LogP contribution in [0.5, 0.6) is 5.75 Å². The van der Waals surface area contributed by atoms with E-state index in [1.807, 2.05) is 31.2 Å². The molecule has 1 aliphatic rings. The number of hydrogen-bond donors (Lipinski definition) is 2. The molecule has 0 saturated heterocycles. The third-order valence-electron chi connectivity index (χ3n) is 4.54. The molecule has 1 aromatic carbocycles. The zero-order valence-electron chi connectivity index (χ0n) is 12.8. The minimum atomic E-state index is -0.459. The summed E-state index contributed by atoms with van der Waals surface area (Å²) < 4.78 is 5.60. The van der Waals surface area contributed by atoms with Gasteiger partial charge in [-0.1, -0.05) is 31.5 Å². The molecule has 2 rings (SSSR count). The van der Waals surface area contributed by atoms with Gasteiger partial charge in [-0.25, -0.2) is 0 Å². The minimum Gasteiger partial charge on any atom is -0.491 e. The zero-order chi connectivity index (χ0) is 14.5. The first-order valence-electron chi connectivity index (χ1n) is 7.67. The summed E-state index contributed by atoms with van der Waals surface area (Å²) >= 11 is 0. The van der Waals surface area contributed by atoms with Gasteiger partial charge in [-0.3, -0.25) is 0 Å². The zero-order valence-corrected chi connectivity index (χ0v) is 12.8. The van der Waals surface area contributed by atoms with Gasteiger partial charge >= 0.3 is 0 Å². The van der Waals surface area contributed by atoms with Crippen molar-refractivity contribution in [2.75, 3.05) is 13.2 Å². The first-order chi connectivity index (χ1) is 9.56. The van der Waals surface area contributed by atoms with Gasteiger partial charge in [0.05, 0.1) is 0 Å². The lowest BCUT2D eigenvalue weighted by atomic mass is 9.98. The van der Waals surface area contributed by atoms with Gasteiger partial charge < -0.3 is 15.2 Å². The second-order valence-electron chi connectivity index (χ2n) is 6.21. The average molecular weight is 277 g/mol. The highest BCUT2D eigenvalue weighted by Gasteiger charge is 2.29. The predicted octanol–water partition coefficient (Wildman–Crippen LogP) is 2.76. The molecule has 0 radical (unpaired) electrons. The van der Waals surface area contributed by atoms with Crippen LogP contribution >= 0.6 is 0 Å². The third kappa shape index (κ3) is 4.22. The van der Waals surface area contributed by atoms with Crippen LogP contribution in [-0.4, -0.2) is 30.4 Å². The summed E-state index contributed by atoms with van der Waals surface area (Å²) in [5.41, 5.74) is 1.21. The summed E-state index contributed by atoms with van der Waals surface area (Å²) in [7, 11) is 0. The van der Waals surface area contributed by atoms with E-state index < -0.39 is 6.10 Å². The summed E-state index contributed by atoms with van der Waals surface area (Å²) in [5, 5.41) is 13.5. The molecule has 20 heavy (non-hydrogen) atoms. The Bertz CT molecular complexity index is 404. The Balaban J connectivity index is 1.68. The predicted molar refractivity (Wildman–Crippen MR) is 82.0 cm³/mol. The number of benzene rings is 1. The molecule has 2 N–H and O–H groups in total. The summed E-state index contributed by atoms with van der Waals surface area (Å²) in [6.07, 6.45) is 2.04. The van der Waals surface area contributed by atoms with Crippen molar-refractivity contribution in [3.05, 3.63) is 29.8 Å². The minimum absolute atomic E-state index is 0.340. The van der Waals surface area contributed by atoms with E-state index in [1.165, 1.54) is 18.4 Å². The topological polar surface area (TPSA) is 41.5 Å². The molecule has 3 heteroatoms. The lowest BCUT2D eigenvalue weighted by Crippen LogP contribution is -2.39. The van der Waals surface area contributed by atoms with Gasteiger partial charge in [-0.05, 0) is 43.7 Å². The van der Waals surface area contributed by atoms with Crippen LogP contribution in [0.2, 0.25) is 0 Å². The molecule has 0 aliphatic heterocycles. The van der Waals surface area contributed by atoms with Crippen LogP contribution in [0.1, 0.15) is 32.3 Å². The maximum atomic E-state index is 9.99. The van der Waals surface area contributed by atoms with Gasteiger partial charge in [-0.2, -0.15) is 0 Å². The monoisotopic (exact) mass is 277 g/mol. The van der Waals surface area contributed by atoms with E-state index in [-0.39, 0.29) is 0 Å². The molecule has 0 spiro atoms. The molecule has 4 atom stereocenters.